The van der Waals surface area contributed by atoms with E-state index in [9.17, 15) is 4.79 Å². The maximum atomic E-state index is 12.4. The molecule has 0 unspecified atom stereocenters. The molecule has 0 saturated carbocycles. The lowest BCUT2D eigenvalue weighted by atomic mass is 9.98. The van der Waals surface area contributed by atoms with Gasteiger partial charge in [-0.2, -0.15) is 0 Å². The Morgan fingerprint density at radius 1 is 1.10 bits per heavy atom. The van der Waals surface area contributed by atoms with Crippen molar-refractivity contribution in [3.8, 4) is 11.1 Å². The zero-order chi connectivity index (χ0) is 20.1. The maximum absolute atomic E-state index is 12.4. The van der Waals surface area contributed by atoms with E-state index in [2.05, 4.69) is 71.1 Å². The Hall–Kier alpha value is -3.34. The van der Waals surface area contributed by atoms with Gasteiger partial charge in [-0.25, -0.2) is 9.78 Å². The van der Waals surface area contributed by atoms with Crippen molar-refractivity contribution in [1.29, 1.82) is 0 Å². The normalized spacial score (nSPS) is 14.7. The van der Waals surface area contributed by atoms with Crippen LogP contribution in [0.15, 0.2) is 79.4 Å². The van der Waals surface area contributed by atoms with E-state index in [1.165, 1.54) is 5.56 Å². The highest BCUT2D eigenvalue weighted by molar-refractivity contribution is 5.75. The average molecular weight is 386 g/mol. The van der Waals surface area contributed by atoms with E-state index >= 15 is 0 Å². The van der Waals surface area contributed by atoms with Crippen LogP contribution in [0, 0.1) is 0 Å². The van der Waals surface area contributed by atoms with Gasteiger partial charge in [0.05, 0.1) is 6.33 Å². The first-order valence-corrected chi connectivity index (χ1v) is 9.95. The second kappa shape index (κ2) is 8.35. The molecule has 0 atom stereocenters. The monoisotopic (exact) mass is 386 g/mol. The third kappa shape index (κ3) is 4.74. The second-order valence-corrected chi connectivity index (χ2v) is 7.84. The van der Waals surface area contributed by atoms with Crippen LogP contribution in [0.2, 0.25) is 0 Å². The van der Waals surface area contributed by atoms with Crippen molar-refractivity contribution in [2.24, 2.45) is 0 Å². The van der Waals surface area contributed by atoms with E-state index in [4.69, 9.17) is 0 Å². The quantitative estimate of drug-likeness (QED) is 0.613. The smallest absolute Gasteiger partial charge is 0.315 e. The van der Waals surface area contributed by atoms with Gasteiger partial charge in [-0.3, -0.25) is 0 Å². The SMILES string of the molecule is CC1(NC(=O)NCc2ccccc2-c2ccc(Cn3ccnc3)cc2)CC=CC1. The molecule has 5 heteroatoms. The number of carbonyl (C=O) groups is 1. The minimum absolute atomic E-state index is 0.123. The molecule has 29 heavy (non-hydrogen) atoms. The zero-order valence-electron chi connectivity index (χ0n) is 16.6. The fraction of sp³-hybridized carbons (Fsp3) is 0.250. The molecule has 148 valence electrons. The lowest BCUT2D eigenvalue weighted by Crippen LogP contribution is -2.48. The molecule has 0 aliphatic heterocycles. The highest BCUT2D eigenvalue weighted by atomic mass is 16.2. The summed E-state index contributed by atoms with van der Waals surface area (Å²) in [5, 5.41) is 6.11. The summed E-state index contributed by atoms with van der Waals surface area (Å²) in [5.41, 5.74) is 4.43. The summed E-state index contributed by atoms with van der Waals surface area (Å²) in [6.07, 6.45) is 11.6. The molecule has 0 radical (unpaired) electrons. The fourth-order valence-corrected chi connectivity index (χ4v) is 3.70. The van der Waals surface area contributed by atoms with Crippen LogP contribution in [0.1, 0.15) is 30.9 Å². The van der Waals surface area contributed by atoms with Gasteiger partial charge >= 0.3 is 6.03 Å². The number of hydrogen-bond donors (Lipinski definition) is 2. The summed E-state index contributed by atoms with van der Waals surface area (Å²) in [6, 6.07) is 16.6. The van der Waals surface area contributed by atoms with Crippen LogP contribution in [-0.4, -0.2) is 21.1 Å². The largest absolute Gasteiger partial charge is 0.334 e. The number of nitrogens with zero attached hydrogens (tertiary/aromatic N) is 2. The molecular formula is C24H26N4O. The van der Waals surface area contributed by atoms with Gasteiger partial charge in [0.2, 0.25) is 0 Å². The Bertz CT molecular complexity index is 982. The van der Waals surface area contributed by atoms with Gasteiger partial charge in [0, 0.05) is 31.0 Å². The van der Waals surface area contributed by atoms with E-state index in [1.54, 1.807) is 6.20 Å². The molecule has 5 nitrogen and oxygen atoms in total. The number of hydrogen-bond acceptors (Lipinski definition) is 2. The van der Waals surface area contributed by atoms with E-state index in [1.807, 2.05) is 29.2 Å². The van der Waals surface area contributed by atoms with E-state index < -0.39 is 0 Å². The molecule has 1 aliphatic rings. The van der Waals surface area contributed by atoms with Crippen molar-refractivity contribution in [1.82, 2.24) is 20.2 Å². The van der Waals surface area contributed by atoms with Gasteiger partial charge in [-0.1, -0.05) is 60.7 Å². The number of imidazole rings is 1. The molecule has 0 spiro atoms. The van der Waals surface area contributed by atoms with Crippen LogP contribution in [0.4, 0.5) is 4.79 Å². The van der Waals surface area contributed by atoms with Crippen LogP contribution < -0.4 is 10.6 Å². The molecule has 1 heterocycles. The van der Waals surface area contributed by atoms with Crippen molar-refractivity contribution in [3.63, 3.8) is 0 Å². The Kier molecular flexibility index (Phi) is 5.47. The van der Waals surface area contributed by atoms with Gasteiger partial charge in [0.15, 0.2) is 0 Å². The second-order valence-electron chi connectivity index (χ2n) is 7.84. The maximum Gasteiger partial charge on any atom is 0.315 e. The summed E-state index contributed by atoms with van der Waals surface area (Å²) in [5.74, 6) is 0. The molecule has 2 N–H and O–H groups in total. The van der Waals surface area contributed by atoms with E-state index in [-0.39, 0.29) is 11.6 Å². The number of carbonyl (C=O) groups excluding carboxylic acids is 1. The Labute approximate surface area is 171 Å². The number of urea groups is 1. The first-order valence-electron chi connectivity index (χ1n) is 9.95. The first kappa shape index (κ1) is 19.0. The number of benzene rings is 2. The molecule has 0 saturated heterocycles. The van der Waals surface area contributed by atoms with Gasteiger partial charge in [-0.15, -0.1) is 0 Å². The average Bonchev–Trinajstić information content (AvgIpc) is 3.39. The van der Waals surface area contributed by atoms with E-state index in [0.717, 1.165) is 36.1 Å². The fourth-order valence-electron chi connectivity index (χ4n) is 3.70. The molecular weight excluding hydrogens is 360 g/mol. The van der Waals surface area contributed by atoms with Crippen LogP contribution in [0.25, 0.3) is 11.1 Å². The van der Waals surface area contributed by atoms with Gasteiger partial charge in [0.25, 0.3) is 0 Å². The van der Waals surface area contributed by atoms with Gasteiger partial charge in [0.1, 0.15) is 0 Å². The Balaban J connectivity index is 1.42. The van der Waals surface area contributed by atoms with Crippen LogP contribution in [0.3, 0.4) is 0 Å². The lowest BCUT2D eigenvalue weighted by molar-refractivity contribution is 0.228. The topological polar surface area (TPSA) is 59.0 Å². The molecule has 4 rings (SSSR count). The number of aromatic nitrogens is 2. The van der Waals surface area contributed by atoms with Crippen molar-refractivity contribution < 1.29 is 4.79 Å². The highest BCUT2D eigenvalue weighted by Crippen LogP contribution is 2.25. The summed E-state index contributed by atoms with van der Waals surface area (Å²) in [7, 11) is 0. The Morgan fingerprint density at radius 3 is 2.59 bits per heavy atom. The highest BCUT2D eigenvalue weighted by Gasteiger charge is 2.26. The predicted molar refractivity (Wildman–Crippen MR) is 115 cm³/mol. The lowest BCUT2D eigenvalue weighted by Gasteiger charge is -2.25. The van der Waals surface area contributed by atoms with Gasteiger partial charge < -0.3 is 15.2 Å². The molecule has 2 amide bonds. The number of amides is 2. The minimum Gasteiger partial charge on any atom is -0.334 e. The third-order valence-corrected chi connectivity index (χ3v) is 5.36. The van der Waals surface area contributed by atoms with Crippen molar-refractivity contribution in [2.45, 2.75) is 38.4 Å². The summed E-state index contributed by atoms with van der Waals surface area (Å²) >= 11 is 0. The van der Waals surface area contributed by atoms with Crippen LogP contribution in [0.5, 0.6) is 0 Å². The summed E-state index contributed by atoms with van der Waals surface area (Å²) < 4.78 is 2.05. The molecule has 0 bridgehead atoms. The summed E-state index contributed by atoms with van der Waals surface area (Å²) in [4.78, 5) is 16.4. The number of rotatable bonds is 6. The minimum atomic E-state index is -0.172. The summed E-state index contributed by atoms with van der Waals surface area (Å²) in [6.45, 7) is 3.37. The first-order chi connectivity index (χ1) is 14.1. The Morgan fingerprint density at radius 2 is 1.86 bits per heavy atom. The zero-order valence-corrected chi connectivity index (χ0v) is 16.6. The predicted octanol–water partition coefficient (Wildman–Crippen LogP) is 4.51. The molecule has 0 fully saturated rings. The number of nitrogens with one attached hydrogen (secondary N) is 2. The standard InChI is InChI=1S/C24H26N4O/c1-24(12-4-5-13-24)27-23(29)26-16-21-6-2-3-7-22(21)20-10-8-19(9-11-20)17-28-15-14-25-18-28/h2-11,14-15,18H,12-13,16-17H2,1H3,(H2,26,27,29). The third-order valence-electron chi connectivity index (χ3n) is 5.36. The van der Waals surface area contributed by atoms with Gasteiger partial charge in [-0.05, 0) is 42.0 Å². The van der Waals surface area contributed by atoms with Crippen LogP contribution >= 0.6 is 0 Å². The van der Waals surface area contributed by atoms with E-state index in [0.29, 0.717) is 6.54 Å². The van der Waals surface area contributed by atoms with Crippen molar-refractivity contribution in [3.05, 3.63) is 90.5 Å². The molecule has 1 aliphatic carbocycles. The van der Waals surface area contributed by atoms with Crippen molar-refractivity contribution in [2.75, 3.05) is 0 Å². The van der Waals surface area contributed by atoms with Crippen molar-refractivity contribution >= 4 is 6.03 Å². The molecule has 1 aromatic heterocycles. The molecule has 2 aromatic carbocycles. The molecule has 3 aromatic rings. The van der Waals surface area contributed by atoms with Crippen LogP contribution in [-0.2, 0) is 13.1 Å².